The molecule has 19 heavy (non-hydrogen) atoms. The minimum atomic E-state index is 0.173. The molecule has 0 fully saturated rings. The summed E-state index contributed by atoms with van der Waals surface area (Å²) in [5.41, 5.74) is 3.30. The number of carbonyl (C=O) groups is 1. The van der Waals surface area contributed by atoms with Gasteiger partial charge in [0, 0.05) is 11.3 Å². The SMILES string of the molecule is Cc1cccc(CSCC(=O)c2cc(Br)sc2Br)c1. The van der Waals surface area contributed by atoms with Crippen LogP contribution in [-0.2, 0) is 5.75 Å². The zero-order valence-electron chi connectivity index (χ0n) is 10.3. The van der Waals surface area contributed by atoms with Gasteiger partial charge >= 0.3 is 0 Å². The summed E-state index contributed by atoms with van der Waals surface area (Å²) in [6.07, 6.45) is 0. The Morgan fingerprint density at radius 1 is 1.32 bits per heavy atom. The highest BCUT2D eigenvalue weighted by atomic mass is 79.9. The van der Waals surface area contributed by atoms with Crippen molar-refractivity contribution >= 4 is 60.7 Å². The van der Waals surface area contributed by atoms with Crippen molar-refractivity contribution in [3.05, 3.63) is 54.6 Å². The molecule has 0 radical (unpaired) electrons. The Kier molecular flexibility index (Phi) is 5.69. The first-order chi connectivity index (χ1) is 9.06. The highest BCUT2D eigenvalue weighted by molar-refractivity contribution is 9.12. The smallest absolute Gasteiger partial charge is 0.174 e. The molecule has 0 spiro atoms. The van der Waals surface area contributed by atoms with Crippen molar-refractivity contribution in [2.75, 3.05) is 5.75 Å². The summed E-state index contributed by atoms with van der Waals surface area (Å²) < 4.78 is 1.88. The number of rotatable bonds is 5. The van der Waals surface area contributed by atoms with Gasteiger partial charge in [0.1, 0.15) is 0 Å². The molecule has 0 N–H and O–H groups in total. The van der Waals surface area contributed by atoms with E-state index in [-0.39, 0.29) is 5.78 Å². The van der Waals surface area contributed by atoms with Crippen LogP contribution in [0.5, 0.6) is 0 Å². The average Bonchev–Trinajstić information content (AvgIpc) is 2.68. The first kappa shape index (κ1) is 15.3. The molecule has 1 heterocycles. The molecule has 0 aliphatic carbocycles. The van der Waals surface area contributed by atoms with Crippen molar-refractivity contribution in [1.82, 2.24) is 0 Å². The fourth-order valence-electron chi connectivity index (χ4n) is 1.67. The predicted molar refractivity (Wildman–Crippen MR) is 91.4 cm³/mol. The third-order valence-electron chi connectivity index (χ3n) is 2.54. The topological polar surface area (TPSA) is 17.1 Å². The van der Waals surface area contributed by atoms with Crippen LogP contribution in [0.2, 0.25) is 0 Å². The lowest BCUT2D eigenvalue weighted by Crippen LogP contribution is -2.01. The first-order valence-electron chi connectivity index (χ1n) is 5.67. The van der Waals surface area contributed by atoms with Gasteiger partial charge in [-0.1, -0.05) is 29.8 Å². The van der Waals surface area contributed by atoms with Crippen LogP contribution in [0, 0.1) is 6.92 Å². The second-order valence-electron chi connectivity index (χ2n) is 4.14. The number of Topliss-reactive ketones (excluding diaryl/α,β-unsaturated/α-hetero) is 1. The van der Waals surface area contributed by atoms with E-state index in [1.807, 2.05) is 6.07 Å². The summed E-state index contributed by atoms with van der Waals surface area (Å²) in [5, 5.41) is 0. The predicted octanol–water partition coefficient (Wildman–Crippen LogP) is 5.70. The largest absolute Gasteiger partial charge is 0.293 e. The lowest BCUT2D eigenvalue weighted by molar-refractivity contribution is 0.102. The molecule has 0 atom stereocenters. The molecule has 0 unspecified atom stereocenters. The maximum absolute atomic E-state index is 12.1. The van der Waals surface area contributed by atoms with Crippen LogP contribution in [0.25, 0.3) is 0 Å². The van der Waals surface area contributed by atoms with Crippen molar-refractivity contribution < 1.29 is 4.79 Å². The molecule has 0 amide bonds. The van der Waals surface area contributed by atoms with Crippen molar-refractivity contribution in [3.63, 3.8) is 0 Å². The van der Waals surface area contributed by atoms with E-state index in [2.05, 4.69) is 63.0 Å². The fraction of sp³-hybridized carbons (Fsp3) is 0.214. The van der Waals surface area contributed by atoms with Crippen molar-refractivity contribution in [2.45, 2.75) is 12.7 Å². The summed E-state index contributed by atoms with van der Waals surface area (Å²) in [4.78, 5) is 12.1. The Hall–Kier alpha value is -0.100. The van der Waals surface area contributed by atoms with Gasteiger partial charge in [-0.15, -0.1) is 23.1 Å². The molecule has 1 aromatic carbocycles. The number of benzene rings is 1. The van der Waals surface area contributed by atoms with Gasteiger partial charge in [-0.25, -0.2) is 0 Å². The number of halogens is 2. The number of thioether (sulfide) groups is 1. The van der Waals surface area contributed by atoms with Crippen LogP contribution in [0.1, 0.15) is 21.5 Å². The van der Waals surface area contributed by atoms with Crippen molar-refractivity contribution in [3.8, 4) is 0 Å². The number of hydrogen-bond donors (Lipinski definition) is 0. The van der Waals surface area contributed by atoms with E-state index in [1.54, 1.807) is 11.8 Å². The molecule has 0 bridgehead atoms. The van der Waals surface area contributed by atoms with Crippen LogP contribution in [0.4, 0.5) is 0 Å². The molecule has 0 aliphatic rings. The van der Waals surface area contributed by atoms with Crippen LogP contribution in [-0.4, -0.2) is 11.5 Å². The molecule has 2 rings (SSSR count). The van der Waals surface area contributed by atoms with E-state index in [0.29, 0.717) is 5.75 Å². The maximum Gasteiger partial charge on any atom is 0.174 e. The molecule has 2 aromatic rings. The van der Waals surface area contributed by atoms with Crippen LogP contribution in [0.3, 0.4) is 0 Å². The van der Waals surface area contributed by atoms with Gasteiger partial charge in [0.05, 0.1) is 13.3 Å². The minimum absolute atomic E-state index is 0.173. The number of ketones is 1. The zero-order chi connectivity index (χ0) is 13.8. The molecular weight excluding hydrogens is 408 g/mol. The lowest BCUT2D eigenvalue weighted by Gasteiger charge is -2.02. The third-order valence-corrected chi connectivity index (χ3v) is 5.88. The van der Waals surface area contributed by atoms with Crippen LogP contribution in [0.15, 0.2) is 37.9 Å². The van der Waals surface area contributed by atoms with Gasteiger partial charge in [-0.2, -0.15) is 0 Å². The van der Waals surface area contributed by atoms with E-state index >= 15 is 0 Å². The summed E-state index contributed by atoms with van der Waals surface area (Å²) in [7, 11) is 0. The third kappa shape index (κ3) is 4.45. The highest BCUT2D eigenvalue weighted by Gasteiger charge is 2.13. The Morgan fingerprint density at radius 2 is 2.11 bits per heavy atom. The van der Waals surface area contributed by atoms with Gasteiger partial charge in [0.2, 0.25) is 0 Å². The van der Waals surface area contributed by atoms with E-state index in [1.165, 1.54) is 22.5 Å². The summed E-state index contributed by atoms with van der Waals surface area (Å²) in [6.45, 7) is 2.08. The molecule has 1 nitrogen and oxygen atoms in total. The van der Waals surface area contributed by atoms with Gasteiger partial charge < -0.3 is 0 Å². The maximum atomic E-state index is 12.1. The Morgan fingerprint density at radius 3 is 2.74 bits per heavy atom. The summed E-state index contributed by atoms with van der Waals surface area (Å²) in [6, 6.07) is 10.3. The molecule has 5 heteroatoms. The average molecular weight is 420 g/mol. The van der Waals surface area contributed by atoms with Crippen LogP contribution >= 0.6 is 55.0 Å². The number of hydrogen-bond acceptors (Lipinski definition) is 3. The fourth-order valence-corrected chi connectivity index (χ4v) is 5.39. The number of thiophene rings is 1. The minimum Gasteiger partial charge on any atom is -0.293 e. The molecule has 0 saturated heterocycles. The van der Waals surface area contributed by atoms with Crippen molar-refractivity contribution in [1.29, 1.82) is 0 Å². The normalized spacial score (nSPS) is 10.7. The Bertz CT molecular complexity index is 593. The van der Waals surface area contributed by atoms with Gasteiger partial charge in [0.25, 0.3) is 0 Å². The zero-order valence-corrected chi connectivity index (χ0v) is 15.1. The monoisotopic (exact) mass is 418 g/mol. The van der Waals surface area contributed by atoms with Gasteiger partial charge in [0.15, 0.2) is 5.78 Å². The molecule has 100 valence electrons. The van der Waals surface area contributed by atoms with Gasteiger partial charge in [-0.3, -0.25) is 4.79 Å². The summed E-state index contributed by atoms with van der Waals surface area (Å²) >= 11 is 10.0. The lowest BCUT2D eigenvalue weighted by atomic mass is 10.2. The second-order valence-corrected chi connectivity index (χ2v) is 8.88. The van der Waals surface area contributed by atoms with E-state index in [9.17, 15) is 4.79 Å². The number of aryl methyl sites for hydroxylation is 1. The second kappa shape index (κ2) is 7.07. The Balaban J connectivity index is 1.89. The van der Waals surface area contributed by atoms with E-state index in [0.717, 1.165) is 18.9 Å². The molecule has 1 aromatic heterocycles. The quantitative estimate of drug-likeness (QED) is 0.578. The molecular formula is C14H12Br2OS2. The molecule has 0 saturated carbocycles. The van der Waals surface area contributed by atoms with E-state index < -0.39 is 0 Å². The first-order valence-corrected chi connectivity index (χ1v) is 9.23. The highest BCUT2D eigenvalue weighted by Crippen LogP contribution is 2.32. The standard InChI is InChI=1S/C14H12Br2OS2/c1-9-3-2-4-10(5-9)7-18-8-12(17)11-6-13(15)19-14(11)16/h2-6H,7-8H2,1H3. The van der Waals surface area contributed by atoms with Crippen molar-refractivity contribution in [2.24, 2.45) is 0 Å². The molecule has 0 aliphatic heterocycles. The van der Waals surface area contributed by atoms with Crippen LogP contribution < -0.4 is 0 Å². The van der Waals surface area contributed by atoms with E-state index in [4.69, 9.17) is 0 Å². The van der Waals surface area contributed by atoms with Gasteiger partial charge in [-0.05, 0) is 50.4 Å². The Labute approximate surface area is 138 Å². The summed E-state index contributed by atoms with van der Waals surface area (Å²) in [5.74, 6) is 1.55. The number of carbonyl (C=O) groups excluding carboxylic acids is 1.